The van der Waals surface area contributed by atoms with Crippen LogP contribution in [0.1, 0.15) is 12.5 Å². The zero-order chi connectivity index (χ0) is 27.7. The van der Waals surface area contributed by atoms with Crippen molar-refractivity contribution in [3.8, 4) is 17.0 Å². The van der Waals surface area contributed by atoms with Crippen LogP contribution in [-0.4, -0.2) is 28.9 Å². The van der Waals surface area contributed by atoms with Crippen LogP contribution in [0, 0.1) is 5.82 Å². The van der Waals surface area contributed by atoms with E-state index in [4.69, 9.17) is 16.3 Å². The summed E-state index contributed by atoms with van der Waals surface area (Å²) in [5.41, 5.74) is 3.89. The van der Waals surface area contributed by atoms with Crippen LogP contribution in [-0.2, 0) is 11.8 Å². The van der Waals surface area contributed by atoms with Crippen LogP contribution < -0.4 is 20.8 Å². The number of benzene rings is 3. The number of nitrogens with one attached hydrogen (secondary N) is 2. The lowest BCUT2D eigenvalue weighted by molar-refractivity contribution is -0.115. The fraction of sp³-hybridized carbons (Fsp3) is 0.138. The predicted octanol–water partition coefficient (Wildman–Crippen LogP) is 6.20. The van der Waals surface area contributed by atoms with Crippen molar-refractivity contribution in [1.82, 2.24) is 9.88 Å². The molecule has 2 heterocycles. The van der Waals surface area contributed by atoms with Gasteiger partial charge in [0.25, 0.3) is 11.1 Å². The van der Waals surface area contributed by atoms with Crippen molar-refractivity contribution in [2.24, 2.45) is 7.05 Å². The first-order chi connectivity index (χ1) is 18.7. The van der Waals surface area contributed by atoms with Gasteiger partial charge in [-0.25, -0.2) is 4.39 Å². The fourth-order valence-corrected chi connectivity index (χ4v) is 5.33. The van der Waals surface area contributed by atoms with Crippen LogP contribution in [0.5, 0.6) is 5.75 Å². The van der Waals surface area contributed by atoms with Gasteiger partial charge >= 0.3 is 0 Å². The second-order valence-corrected chi connectivity index (χ2v) is 10.3. The molecule has 0 radical (unpaired) electrons. The van der Waals surface area contributed by atoms with Gasteiger partial charge in [0.15, 0.2) is 5.75 Å². The van der Waals surface area contributed by atoms with Gasteiger partial charge in [0.2, 0.25) is 5.43 Å². The quantitative estimate of drug-likeness (QED) is 0.205. The number of thioether (sulfide) groups is 1. The van der Waals surface area contributed by atoms with E-state index in [0.29, 0.717) is 38.6 Å². The number of aromatic nitrogens is 1. The van der Waals surface area contributed by atoms with E-state index in [1.165, 1.54) is 12.1 Å². The van der Waals surface area contributed by atoms with Crippen molar-refractivity contribution in [1.29, 1.82) is 0 Å². The Bertz CT molecular complexity index is 1700. The SMILES string of the molecule is C/C(=C1\SC(=O)NC1=O)c1ccc(NCCOc2c(-c3ccc(F)cc3)n(C)c3cc(Cl)ccc3c2=O)cc1. The van der Waals surface area contributed by atoms with E-state index in [2.05, 4.69) is 10.6 Å². The van der Waals surface area contributed by atoms with E-state index in [1.807, 2.05) is 35.9 Å². The van der Waals surface area contributed by atoms with Crippen LogP contribution in [0.2, 0.25) is 5.02 Å². The third kappa shape index (κ3) is 5.41. The molecule has 2 N–H and O–H groups in total. The van der Waals surface area contributed by atoms with Crippen molar-refractivity contribution in [2.75, 3.05) is 18.5 Å². The third-order valence-electron chi connectivity index (χ3n) is 6.39. The first-order valence-corrected chi connectivity index (χ1v) is 13.2. The Hall–Kier alpha value is -4.08. The summed E-state index contributed by atoms with van der Waals surface area (Å²) in [6, 6.07) is 18.4. The van der Waals surface area contributed by atoms with E-state index in [1.54, 1.807) is 37.3 Å². The van der Waals surface area contributed by atoms with Gasteiger partial charge in [-0.1, -0.05) is 23.7 Å². The van der Waals surface area contributed by atoms with Crippen LogP contribution in [0.3, 0.4) is 0 Å². The maximum absolute atomic E-state index is 13.6. The Balaban J connectivity index is 1.35. The second kappa shape index (κ2) is 11.0. The van der Waals surface area contributed by atoms with Crippen LogP contribution >= 0.6 is 23.4 Å². The van der Waals surface area contributed by atoms with Gasteiger partial charge in [-0.05, 0) is 84.4 Å². The number of amides is 2. The second-order valence-electron chi connectivity index (χ2n) is 8.88. The smallest absolute Gasteiger partial charge is 0.290 e. The Kier molecular flexibility index (Phi) is 7.45. The number of carbonyl (C=O) groups is 2. The highest BCUT2D eigenvalue weighted by atomic mass is 35.5. The van der Waals surface area contributed by atoms with E-state index >= 15 is 0 Å². The highest BCUT2D eigenvalue weighted by Crippen LogP contribution is 2.33. The van der Waals surface area contributed by atoms with Gasteiger partial charge in [-0.3, -0.25) is 19.7 Å². The summed E-state index contributed by atoms with van der Waals surface area (Å²) < 4.78 is 21.5. The third-order valence-corrected chi connectivity index (χ3v) is 7.61. The Morgan fingerprint density at radius 2 is 1.77 bits per heavy atom. The maximum Gasteiger partial charge on any atom is 0.290 e. The molecule has 1 aromatic heterocycles. The molecular weight excluding hydrogens is 541 g/mol. The molecule has 4 aromatic rings. The van der Waals surface area contributed by atoms with E-state index in [0.717, 1.165) is 28.6 Å². The van der Waals surface area contributed by atoms with Gasteiger partial charge in [0.05, 0.1) is 16.1 Å². The number of ether oxygens (including phenoxy) is 1. The number of allylic oxidation sites excluding steroid dienone is 1. The number of rotatable bonds is 7. The summed E-state index contributed by atoms with van der Waals surface area (Å²) >= 11 is 7.09. The summed E-state index contributed by atoms with van der Waals surface area (Å²) in [5.74, 6) is -0.597. The van der Waals surface area contributed by atoms with Crippen LogP contribution in [0.15, 0.2) is 76.4 Å². The predicted molar refractivity (Wildman–Crippen MR) is 154 cm³/mol. The molecule has 0 bridgehead atoms. The molecule has 3 aromatic carbocycles. The Labute approximate surface area is 232 Å². The van der Waals surface area contributed by atoms with E-state index in [-0.39, 0.29) is 34.7 Å². The zero-order valence-corrected chi connectivity index (χ0v) is 22.6. The van der Waals surface area contributed by atoms with Crippen molar-refractivity contribution < 1.29 is 18.7 Å². The number of pyridine rings is 1. The topological polar surface area (TPSA) is 89.4 Å². The lowest BCUT2D eigenvalue weighted by atomic mass is 10.1. The number of hydrogen-bond acceptors (Lipinski definition) is 6. The number of anilines is 1. The van der Waals surface area contributed by atoms with Crippen LogP contribution in [0.4, 0.5) is 14.9 Å². The largest absolute Gasteiger partial charge is 0.486 e. The number of aryl methyl sites for hydroxylation is 1. The number of carbonyl (C=O) groups excluding carboxylic acids is 2. The number of hydrogen-bond donors (Lipinski definition) is 2. The Morgan fingerprint density at radius 1 is 1.05 bits per heavy atom. The van der Waals surface area contributed by atoms with Crippen molar-refractivity contribution in [3.05, 3.63) is 98.3 Å². The van der Waals surface area contributed by atoms with Gasteiger partial charge in [0, 0.05) is 35.3 Å². The summed E-state index contributed by atoms with van der Waals surface area (Å²) in [4.78, 5) is 37.2. The molecular formula is C29H23ClFN3O4S. The lowest BCUT2D eigenvalue weighted by Gasteiger charge is -2.18. The molecule has 0 spiro atoms. The van der Waals surface area contributed by atoms with Gasteiger partial charge in [-0.15, -0.1) is 0 Å². The number of imide groups is 1. The lowest BCUT2D eigenvalue weighted by Crippen LogP contribution is -2.19. The van der Waals surface area contributed by atoms with Gasteiger partial charge in [-0.2, -0.15) is 0 Å². The summed E-state index contributed by atoms with van der Waals surface area (Å²) in [5, 5.41) is 6.11. The van der Waals surface area contributed by atoms with Crippen molar-refractivity contribution in [3.63, 3.8) is 0 Å². The minimum absolute atomic E-state index is 0.167. The minimum atomic E-state index is -0.384. The standard InChI is InChI=1S/C29H23ClFN3O4S/c1-16(27-28(36)33-29(37)39-27)17-5-10-21(11-6-17)32-13-14-38-26-24(18-3-8-20(31)9-4-18)34(2)23-15-19(30)7-12-22(23)25(26)35/h3-12,15,32H,13-14H2,1-2H3,(H,33,36,37)/b27-16+. The molecule has 2 amide bonds. The Morgan fingerprint density at radius 3 is 2.44 bits per heavy atom. The molecule has 10 heteroatoms. The molecule has 1 aliphatic heterocycles. The molecule has 0 unspecified atom stereocenters. The van der Waals surface area contributed by atoms with Crippen LogP contribution in [0.25, 0.3) is 27.7 Å². The summed E-state index contributed by atoms with van der Waals surface area (Å²) in [7, 11) is 1.81. The minimum Gasteiger partial charge on any atom is -0.486 e. The number of nitrogens with zero attached hydrogens (tertiary/aromatic N) is 1. The zero-order valence-electron chi connectivity index (χ0n) is 21.0. The first-order valence-electron chi connectivity index (χ1n) is 12.0. The van der Waals surface area contributed by atoms with E-state index < -0.39 is 0 Å². The molecule has 5 rings (SSSR count). The summed E-state index contributed by atoms with van der Waals surface area (Å²) in [6.45, 7) is 2.39. The highest BCUT2D eigenvalue weighted by Gasteiger charge is 2.27. The average molecular weight is 564 g/mol. The number of fused-ring (bicyclic) bond motifs is 1. The van der Waals surface area contributed by atoms with Gasteiger partial charge in [0.1, 0.15) is 12.4 Å². The molecule has 1 saturated heterocycles. The molecule has 1 aliphatic rings. The molecule has 0 atom stereocenters. The van der Waals surface area contributed by atoms with E-state index in [9.17, 15) is 18.8 Å². The van der Waals surface area contributed by atoms with Crippen molar-refractivity contribution in [2.45, 2.75) is 6.92 Å². The number of halogens is 2. The normalized spacial score (nSPS) is 14.5. The first kappa shape index (κ1) is 26.5. The monoisotopic (exact) mass is 563 g/mol. The average Bonchev–Trinajstić information content (AvgIpc) is 3.27. The maximum atomic E-state index is 13.6. The molecule has 1 fully saturated rings. The fourth-order valence-electron chi connectivity index (χ4n) is 4.42. The molecule has 198 valence electrons. The van der Waals surface area contributed by atoms with Gasteiger partial charge < -0.3 is 14.6 Å². The molecule has 0 aliphatic carbocycles. The molecule has 39 heavy (non-hydrogen) atoms. The highest BCUT2D eigenvalue weighted by molar-refractivity contribution is 8.18. The summed E-state index contributed by atoms with van der Waals surface area (Å²) in [6.07, 6.45) is 0. The van der Waals surface area contributed by atoms with Crippen molar-refractivity contribution >= 4 is 56.7 Å². The molecule has 0 saturated carbocycles. The molecule has 7 nitrogen and oxygen atoms in total.